The second-order valence-electron chi connectivity index (χ2n) is 7.03. The number of aromatic nitrogens is 2. The number of amides is 2. The third kappa shape index (κ3) is 5.85. The van der Waals surface area contributed by atoms with Gasteiger partial charge in [-0.05, 0) is 32.4 Å². The third-order valence-corrected chi connectivity index (χ3v) is 3.54. The van der Waals surface area contributed by atoms with Gasteiger partial charge in [0.25, 0.3) is 5.69 Å². The van der Waals surface area contributed by atoms with Crippen molar-refractivity contribution in [2.45, 2.75) is 39.6 Å². The highest BCUT2D eigenvalue weighted by atomic mass is 16.6. The molecule has 0 radical (unpaired) electrons. The van der Waals surface area contributed by atoms with Crippen LogP contribution in [0.1, 0.15) is 32.0 Å². The van der Waals surface area contributed by atoms with Gasteiger partial charge in [0.2, 0.25) is 0 Å². The van der Waals surface area contributed by atoms with Crippen LogP contribution in [0, 0.1) is 10.1 Å². The lowest BCUT2D eigenvalue weighted by Crippen LogP contribution is -2.34. The molecule has 2 rings (SSSR count). The van der Waals surface area contributed by atoms with Crippen LogP contribution in [0.2, 0.25) is 0 Å². The van der Waals surface area contributed by atoms with Crippen molar-refractivity contribution in [1.29, 1.82) is 0 Å². The molecule has 0 bridgehead atoms. The van der Waals surface area contributed by atoms with Crippen LogP contribution in [0.3, 0.4) is 0 Å². The monoisotopic (exact) mass is 419 g/mol. The van der Waals surface area contributed by atoms with Crippen molar-refractivity contribution in [2.75, 3.05) is 4.90 Å². The molecule has 30 heavy (non-hydrogen) atoms. The number of hydrogen-bond donors (Lipinski definition) is 2. The number of nitro benzene ring substituents is 1. The van der Waals surface area contributed by atoms with Crippen LogP contribution >= 0.6 is 0 Å². The minimum atomic E-state index is -1.02. The van der Waals surface area contributed by atoms with Gasteiger partial charge in [0.1, 0.15) is 30.0 Å². The predicted octanol–water partition coefficient (Wildman–Crippen LogP) is 2.55. The zero-order valence-electron chi connectivity index (χ0n) is 16.6. The summed E-state index contributed by atoms with van der Waals surface area (Å²) in [5.74, 6) is -0.0535. The highest BCUT2D eigenvalue weighted by Crippen LogP contribution is 2.35. The number of primary amides is 1. The zero-order valence-corrected chi connectivity index (χ0v) is 16.6. The molecule has 12 nitrogen and oxygen atoms in total. The number of nitro groups is 1. The molecule has 2 amide bonds. The second kappa shape index (κ2) is 9.13. The number of hydrogen-bond acceptors (Lipinski definition) is 9. The van der Waals surface area contributed by atoms with E-state index < -0.39 is 35.0 Å². The van der Waals surface area contributed by atoms with Gasteiger partial charge in [-0.1, -0.05) is 6.07 Å². The van der Waals surface area contributed by atoms with E-state index in [0.29, 0.717) is 0 Å². The van der Waals surface area contributed by atoms with Gasteiger partial charge in [0.15, 0.2) is 0 Å². The van der Waals surface area contributed by atoms with E-state index in [1.54, 1.807) is 20.8 Å². The molecule has 3 N–H and O–H groups in total. The Morgan fingerprint density at radius 3 is 2.53 bits per heavy atom. The highest BCUT2D eigenvalue weighted by Gasteiger charge is 2.31. The van der Waals surface area contributed by atoms with Crippen molar-refractivity contribution in [3.63, 3.8) is 0 Å². The van der Waals surface area contributed by atoms with E-state index in [2.05, 4.69) is 14.7 Å². The molecular formula is C18H21N5O7. The largest absolute Gasteiger partial charge is 0.443 e. The van der Waals surface area contributed by atoms with Gasteiger partial charge in [0, 0.05) is 12.1 Å². The molecule has 1 heterocycles. The van der Waals surface area contributed by atoms with Crippen molar-refractivity contribution in [1.82, 2.24) is 9.97 Å². The summed E-state index contributed by atoms with van der Waals surface area (Å²) in [7, 11) is 0. The first-order chi connectivity index (χ1) is 14.0. The van der Waals surface area contributed by atoms with Crippen molar-refractivity contribution >= 4 is 29.4 Å². The van der Waals surface area contributed by atoms with Gasteiger partial charge in [0.05, 0.1) is 17.2 Å². The SMILES string of the molecule is CC(C)(C)OC(=O)N(c1cc(COC(N)=O)ncn1)c1ccc(CO)cc1[N+](=O)[O-]. The summed E-state index contributed by atoms with van der Waals surface area (Å²) in [5, 5.41) is 20.9. The fourth-order valence-electron chi connectivity index (χ4n) is 2.36. The van der Waals surface area contributed by atoms with Crippen LogP contribution in [0.25, 0.3) is 0 Å². The molecule has 0 saturated heterocycles. The Hall–Kier alpha value is -3.80. The number of rotatable bonds is 6. The molecule has 12 heteroatoms. The number of benzene rings is 1. The van der Waals surface area contributed by atoms with Crippen molar-refractivity contribution in [3.05, 3.63) is 52.0 Å². The molecule has 160 valence electrons. The molecule has 0 unspecified atom stereocenters. The average molecular weight is 419 g/mol. The van der Waals surface area contributed by atoms with Crippen LogP contribution < -0.4 is 10.6 Å². The highest BCUT2D eigenvalue weighted by molar-refractivity contribution is 5.97. The second-order valence-corrected chi connectivity index (χ2v) is 7.03. The molecule has 0 spiro atoms. The molecule has 2 aromatic rings. The van der Waals surface area contributed by atoms with Crippen molar-refractivity contribution in [2.24, 2.45) is 5.73 Å². The van der Waals surface area contributed by atoms with E-state index in [1.165, 1.54) is 18.2 Å². The molecule has 0 fully saturated rings. The molecule has 0 atom stereocenters. The third-order valence-electron chi connectivity index (χ3n) is 3.54. The maximum Gasteiger partial charge on any atom is 0.420 e. The number of nitrogens with two attached hydrogens (primary N) is 1. The smallest absolute Gasteiger partial charge is 0.420 e. The number of aliphatic hydroxyl groups excluding tert-OH is 1. The van der Waals surface area contributed by atoms with E-state index in [9.17, 15) is 24.8 Å². The minimum absolute atomic E-state index is 0.0535. The zero-order chi connectivity index (χ0) is 22.5. The van der Waals surface area contributed by atoms with Crippen LogP contribution in [-0.2, 0) is 22.7 Å². The van der Waals surface area contributed by atoms with Gasteiger partial charge < -0.3 is 20.3 Å². The lowest BCUT2D eigenvalue weighted by atomic mass is 10.1. The number of anilines is 2. The first-order valence-corrected chi connectivity index (χ1v) is 8.66. The van der Waals surface area contributed by atoms with Gasteiger partial charge >= 0.3 is 12.2 Å². The summed E-state index contributed by atoms with van der Waals surface area (Å²) in [6.45, 7) is 4.20. The normalized spacial score (nSPS) is 10.9. The Labute approximate surface area is 171 Å². The molecule has 0 aliphatic heterocycles. The van der Waals surface area contributed by atoms with Gasteiger partial charge in [-0.25, -0.2) is 24.5 Å². The molecule has 0 aliphatic rings. The van der Waals surface area contributed by atoms with Crippen molar-refractivity contribution < 1.29 is 29.1 Å². The summed E-state index contributed by atoms with van der Waals surface area (Å²) in [5.41, 5.74) is 3.95. The number of carbonyl (C=O) groups excluding carboxylic acids is 2. The first kappa shape index (κ1) is 22.5. The summed E-state index contributed by atoms with van der Waals surface area (Å²) >= 11 is 0. The molecule has 1 aromatic carbocycles. The topological polar surface area (TPSA) is 171 Å². The summed E-state index contributed by atoms with van der Waals surface area (Å²) in [6.07, 6.45) is -0.849. The summed E-state index contributed by atoms with van der Waals surface area (Å²) < 4.78 is 10.1. The van der Waals surface area contributed by atoms with E-state index in [1.807, 2.05) is 0 Å². The first-order valence-electron chi connectivity index (χ1n) is 8.66. The summed E-state index contributed by atoms with van der Waals surface area (Å²) in [6, 6.07) is 5.18. The number of aliphatic hydroxyl groups is 1. The number of carbonyl (C=O) groups is 2. The lowest BCUT2D eigenvalue weighted by molar-refractivity contribution is -0.384. The fraction of sp³-hybridized carbons (Fsp3) is 0.333. The number of ether oxygens (including phenoxy) is 2. The van der Waals surface area contributed by atoms with Gasteiger partial charge in [-0.3, -0.25) is 10.1 Å². The Kier molecular flexibility index (Phi) is 6.85. The molecule has 1 aromatic heterocycles. The Morgan fingerprint density at radius 2 is 1.97 bits per heavy atom. The van der Waals surface area contributed by atoms with Crippen molar-refractivity contribution in [3.8, 4) is 0 Å². The quantitative estimate of drug-likeness (QED) is 0.527. The minimum Gasteiger partial charge on any atom is -0.443 e. The predicted molar refractivity (Wildman–Crippen MR) is 104 cm³/mol. The van der Waals surface area contributed by atoms with Gasteiger partial charge in [-0.2, -0.15) is 0 Å². The van der Waals surface area contributed by atoms with Crippen LogP contribution in [-0.4, -0.2) is 37.8 Å². The summed E-state index contributed by atoms with van der Waals surface area (Å²) in [4.78, 5) is 43.5. The van der Waals surface area contributed by atoms with E-state index in [4.69, 9.17) is 10.5 Å². The molecular weight excluding hydrogens is 398 g/mol. The van der Waals surface area contributed by atoms with Crippen LogP contribution in [0.4, 0.5) is 26.8 Å². The maximum absolute atomic E-state index is 12.9. The Balaban J connectivity index is 2.60. The lowest BCUT2D eigenvalue weighted by Gasteiger charge is -2.26. The van der Waals surface area contributed by atoms with E-state index >= 15 is 0 Å². The van der Waals surface area contributed by atoms with Crippen LogP contribution in [0.5, 0.6) is 0 Å². The van der Waals surface area contributed by atoms with Gasteiger partial charge in [-0.15, -0.1) is 0 Å². The van der Waals surface area contributed by atoms with E-state index in [-0.39, 0.29) is 29.4 Å². The fourth-order valence-corrected chi connectivity index (χ4v) is 2.36. The average Bonchev–Trinajstić information content (AvgIpc) is 2.65. The standard InChI is InChI=1S/C18H21N5O7/c1-18(2,3)30-17(26)22(13-5-4-11(8-24)6-14(13)23(27)28)15-7-12(20-10-21-15)9-29-16(19)25/h4-7,10,24H,8-9H2,1-3H3,(H2,19,25). The Morgan fingerprint density at radius 1 is 1.27 bits per heavy atom. The van der Waals surface area contributed by atoms with E-state index in [0.717, 1.165) is 17.3 Å². The van der Waals surface area contributed by atoms with Crippen LogP contribution in [0.15, 0.2) is 30.6 Å². The molecule has 0 aliphatic carbocycles. The number of nitrogens with zero attached hydrogens (tertiary/aromatic N) is 4. The maximum atomic E-state index is 12.9. The Bertz CT molecular complexity index is 958. The molecule has 0 saturated carbocycles.